The van der Waals surface area contributed by atoms with Crippen molar-refractivity contribution in [1.82, 2.24) is 5.32 Å². The Kier molecular flexibility index (Phi) is 6.12. The molecule has 1 amide bonds. The molecule has 0 radical (unpaired) electrons. The first kappa shape index (κ1) is 13.8. The maximum absolute atomic E-state index is 11.1. The largest absolute Gasteiger partial charge is 0.394 e. The summed E-state index contributed by atoms with van der Waals surface area (Å²) < 4.78 is 0. The van der Waals surface area contributed by atoms with Crippen LogP contribution in [0.1, 0.15) is 19.3 Å². The van der Waals surface area contributed by atoms with Crippen LogP contribution in [-0.4, -0.2) is 52.4 Å². The van der Waals surface area contributed by atoms with Gasteiger partial charge in [0.15, 0.2) is 0 Å². The summed E-state index contributed by atoms with van der Waals surface area (Å²) in [7, 11) is 0. The van der Waals surface area contributed by atoms with E-state index in [1.165, 1.54) is 11.8 Å². The van der Waals surface area contributed by atoms with Gasteiger partial charge in [-0.2, -0.15) is 11.8 Å². The number of aliphatic hydroxyl groups is 2. The van der Waals surface area contributed by atoms with Crippen LogP contribution in [0.2, 0.25) is 0 Å². The number of aliphatic hydroxyl groups excluding tert-OH is 2. The first-order valence-electron chi connectivity index (χ1n) is 5.55. The van der Waals surface area contributed by atoms with Crippen LogP contribution in [0.5, 0.6) is 0 Å². The van der Waals surface area contributed by atoms with Crippen LogP contribution < -0.4 is 11.1 Å². The van der Waals surface area contributed by atoms with Gasteiger partial charge >= 0.3 is 0 Å². The summed E-state index contributed by atoms with van der Waals surface area (Å²) in [6.07, 6.45) is 2.25. The Hall–Kier alpha value is -0.300. The molecule has 2 atom stereocenters. The SMILES string of the molecule is NC(=O)C(CCSCC(O)CO)NC1CC1. The van der Waals surface area contributed by atoms with Gasteiger partial charge in [-0.05, 0) is 25.0 Å². The number of hydrogen-bond acceptors (Lipinski definition) is 5. The summed E-state index contributed by atoms with van der Waals surface area (Å²) in [6.45, 7) is -0.216. The Morgan fingerprint density at radius 1 is 1.56 bits per heavy atom. The first-order valence-corrected chi connectivity index (χ1v) is 6.71. The van der Waals surface area contributed by atoms with Crippen LogP contribution in [0.3, 0.4) is 0 Å². The number of nitrogens with one attached hydrogen (secondary N) is 1. The summed E-state index contributed by atoms with van der Waals surface area (Å²) in [4.78, 5) is 11.1. The molecule has 2 unspecified atom stereocenters. The van der Waals surface area contributed by atoms with E-state index in [-0.39, 0.29) is 18.6 Å². The number of rotatable bonds is 9. The number of amides is 1. The van der Waals surface area contributed by atoms with E-state index < -0.39 is 6.10 Å². The molecule has 0 aliphatic heterocycles. The third kappa shape index (κ3) is 5.69. The smallest absolute Gasteiger partial charge is 0.234 e. The van der Waals surface area contributed by atoms with Gasteiger partial charge < -0.3 is 21.3 Å². The lowest BCUT2D eigenvalue weighted by molar-refractivity contribution is -0.120. The Morgan fingerprint density at radius 3 is 2.75 bits per heavy atom. The van der Waals surface area contributed by atoms with Crippen molar-refractivity contribution >= 4 is 17.7 Å². The molecule has 0 saturated heterocycles. The van der Waals surface area contributed by atoms with Gasteiger partial charge in [-0.3, -0.25) is 4.79 Å². The fourth-order valence-electron chi connectivity index (χ4n) is 1.32. The number of thioether (sulfide) groups is 1. The van der Waals surface area contributed by atoms with Gasteiger partial charge in [0.2, 0.25) is 5.91 Å². The Morgan fingerprint density at radius 2 is 2.25 bits per heavy atom. The van der Waals surface area contributed by atoms with E-state index in [0.717, 1.165) is 18.6 Å². The molecule has 0 spiro atoms. The minimum Gasteiger partial charge on any atom is -0.394 e. The Labute approximate surface area is 99.8 Å². The number of hydrogen-bond donors (Lipinski definition) is 4. The monoisotopic (exact) mass is 248 g/mol. The molecular weight excluding hydrogens is 228 g/mol. The van der Waals surface area contributed by atoms with E-state index in [9.17, 15) is 4.79 Å². The average molecular weight is 248 g/mol. The second-order valence-corrected chi connectivity index (χ2v) is 5.25. The first-order chi connectivity index (χ1) is 7.63. The third-order valence-corrected chi connectivity index (χ3v) is 3.57. The van der Waals surface area contributed by atoms with Gasteiger partial charge in [0.1, 0.15) is 0 Å². The topological polar surface area (TPSA) is 95.6 Å². The molecule has 5 N–H and O–H groups in total. The second-order valence-electron chi connectivity index (χ2n) is 4.10. The molecule has 1 fully saturated rings. The van der Waals surface area contributed by atoms with Crippen LogP contribution in [0.25, 0.3) is 0 Å². The third-order valence-electron chi connectivity index (χ3n) is 2.43. The lowest BCUT2D eigenvalue weighted by Gasteiger charge is -2.14. The summed E-state index contributed by atoms with van der Waals surface area (Å²) in [5, 5.41) is 20.9. The summed E-state index contributed by atoms with van der Waals surface area (Å²) in [5.41, 5.74) is 5.28. The van der Waals surface area contributed by atoms with E-state index in [1.54, 1.807) is 0 Å². The second kappa shape index (κ2) is 7.11. The molecule has 1 rings (SSSR count). The predicted octanol–water partition coefficient (Wildman–Crippen LogP) is -0.931. The minimum atomic E-state index is -0.673. The molecule has 1 aliphatic rings. The van der Waals surface area contributed by atoms with Crippen molar-refractivity contribution in [2.45, 2.75) is 37.5 Å². The molecule has 5 nitrogen and oxygen atoms in total. The van der Waals surface area contributed by atoms with E-state index in [0.29, 0.717) is 18.2 Å². The zero-order chi connectivity index (χ0) is 12.0. The minimum absolute atomic E-state index is 0.216. The van der Waals surface area contributed by atoms with Crippen LogP contribution in [0.4, 0.5) is 0 Å². The number of carbonyl (C=O) groups excluding carboxylic acids is 1. The molecule has 0 aromatic heterocycles. The predicted molar refractivity (Wildman–Crippen MR) is 64.2 cm³/mol. The molecular formula is C10H20N2O3S. The van der Waals surface area contributed by atoms with Gasteiger partial charge in [-0.25, -0.2) is 0 Å². The molecule has 0 bridgehead atoms. The van der Waals surface area contributed by atoms with E-state index in [4.69, 9.17) is 15.9 Å². The fraction of sp³-hybridized carbons (Fsp3) is 0.900. The van der Waals surface area contributed by atoms with Crippen molar-refractivity contribution in [3.63, 3.8) is 0 Å². The zero-order valence-electron chi connectivity index (χ0n) is 9.26. The summed E-state index contributed by atoms with van der Waals surface area (Å²) >= 11 is 1.52. The fourth-order valence-corrected chi connectivity index (χ4v) is 2.26. The highest BCUT2D eigenvalue weighted by Crippen LogP contribution is 2.20. The highest BCUT2D eigenvalue weighted by atomic mass is 32.2. The molecule has 1 aliphatic carbocycles. The molecule has 0 heterocycles. The van der Waals surface area contributed by atoms with Crippen LogP contribution >= 0.6 is 11.8 Å². The summed E-state index contributed by atoms with van der Waals surface area (Å²) in [6, 6.07) is 0.205. The van der Waals surface area contributed by atoms with Crippen LogP contribution in [0, 0.1) is 0 Å². The van der Waals surface area contributed by atoms with Crippen molar-refractivity contribution in [1.29, 1.82) is 0 Å². The van der Waals surface area contributed by atoms with Gasteiger partial charge in [0.25, 0.3) is 0 Å². The lowest BCUT2D eigenvalue weighted by Crippen LogP contribution is -2.42. The number of primary amides is 1. The van der Waals surface area contributed by atoms with E-state index in [2.05, 4.69) is 5.32 Å². The van der Waals surface area contributed by atoms with E-state index >= 15 is 0 Å². The van der Waals surface area contributed by atoms with Crippen molar-refractivity contribution in [2.24, 2.45) is 5.73 Å². The molecule has 6 heteroatoms. The Balaban J connectivity index is 2.09. The normalized spacial score (nSPS) is 19.4. The molecule has 1 saturated carbocycles. The van der Waals surface area contributed by atoms with Crippen LogP contribution in [-0.2, 0) is 4.79 Å². The highest BCUT2D eigenvalue weighted by molar-refractivity contribution is 7.99. The lowest BCUT2D eigenvalue weighted by atomic mass is 10.2. The molecule has 0 aromatic rings. The van der Waals surface area contributed by atoms with Crippen molar-refractivity contribution in [2.75, 3.05) is 18.1 Å². The summed E-state index contributed by atoms with van der Waals surface area (Å²) in [5.74, 6) is 0.936. The molecule has 0 aromatic carbocycles. The maximum atomic E-state index is 11.1. The van der Waals surface area contributed by atoms with Gasteiger partial charge in [0.05, 0.1) is 18.8 Å². The Bertz CT molecular complexity index is 224. The standard InChI is InChI=1S/C10H20N2O3S/c11-10(15)9(12-7-1-2-7)3-4-16-6-8(14)5-13/h7-9,12-14H,1-6H2,(H2,11,15). The molecule has 16 heavy (non-hydrogen) atoms. The van der Waals surface area contributed by atoms with Crippen LogP contribution in [0.15, 0.2) is 0 Å². The van der Waals surface area contributed by atoms with Gasteiger partial charge in [-0.1, -0.05) is 0 Å². The number of carbonyl (C=O) groups is 1. The van der Waals surface area contributed by atoms with Crippen molar-refractivity contribution in [3.05, 3.63) is 0 Å². The van der Waals surface area contributed by atoms with Gasteiger partial charge in [0, 0.05) is 11.8 Å². The zero-order valence-corrected chi connectivity index (χ0v) is 10.1. The average Bonchev–Trinajstić information content (AvgIpc) is 3.05. The molecule has 94 valence electrons. The van der Waals surface area contributed by atoms with Crippen molar-refractivity contribution < 1.29 is 15.0 Å². The van der Waals surface area contributed by atoms with E-state index in [1.807, 2.05) is 0 Å². The van der Waals surface area contributed by atoms with Gasteiger partial charge in [-0.15, -0.1) is 0 Å². The quantitative estimate of drug-likeness (QED) is 0.395. The highest BCUT2D eigenvalue weighted by Gasteiger charge is 2.26. The maximum Gasteiger partial charge on any atom is 0.234 e. The van der Waals surface area contributed by atoms with Crippen molar-refractivity contribution in [3.8, 4) is 0 Å². The number of nitrogens with two attached hydrogens (primary N) is 1.